The zero-order valence-corrected chi connectivity index (χ0v) is 15.5. The Hall–Kier alpha value is -2.98. The molecule has 1 aromatic heterocycles. The molecule has 0 unspecified atom stereocenters. The average Bonchev–Trinajstić information content (AvgIpc) is 3.11. The third-order valence-electron chi connectivity index (χ3n) is 5.18. The first-order valence-corrected chi connectivity index (χ1v) is 9.53. The SMILES string of the molecule is O=C(c1cccc2ccccc12)c1cn(CCC[C@@H](O)CF)c2ccccc12. The number of carbonyl (C=O) groups excluding carboxylic acids is 1. The number of aryl methyl sites for hydroxylation is 1. The number of nitrogens with zero attached hydrogens (tertiary/aromatic N) is 1. The van der Waals surface area contributed by atoms with Crippen LogP contribution in [0.2, 0.25) is 0 Å². The zero-order chi connectivity index (χ0) is 19.5. The van der Waals surface area contributed by atoms with Gasteiger partial charge in [-0.05, 0) is 29.7 Å². The van der Waals surface area contributed by atoms with Crippen molar-refractivity contribution in [2.24, 2.45) is 0 Å². The molecule has 3 aromatic carbocycles. The summed E-state index contributed by atoms with van der Waals surface area (Å²) < 4.78 is 14.5. The number of rotatable bonds is 7. The number of ketones is 1. The Labute approximate surface area is 163 Å². The van der Waals surface area contributed by atoms with Crippen molar-refractivity contribution in [3.05, 3.63) is 84.1 Å². The van der Waals surface area contributed by atoms with Crippen molar-refractivity contribution in [2.75, 3.05) is 6.67 Å². The summed E-state index contributed by atoms with van der Waals surface area (Å²) in [4.78, 5) is 13.4. The average molecular weight is 375 g/mol. The molecule has 4 heteroatoms. The Morgan fingerprint density at radius 1 is 0.929 bits per heavy atom. The number of hydrogen-bond acceptors (Lipinski definition) is 2. The lowest BCUT2D eigenvalue weighted by Crippen LogP contribution is -2.10. The lowest BCUT2D eigenvalue weighted by atomic mass is 9.97. The van der Waals surface area contributed by atoms with Crippen LogP contribution < -0.4 is 0 Å². The number of aromatic nitrogens is 1. The molecule has 3 nitrogen and oxygen atoms in total. The molecule has 0 radical (unpaired) electrons. The van der Waals surface area contributed by atoms with E-state index in [0.29, 0.717) is 30.5 Å². The summed E-state index contributed by atoms with van der Waals surface area (Å²) in [6.45, 7) is -0.0996. The van der Waals surface area contributed by atoms with Gasteiger partial charge in [-0.25, -0.2) is 4.39 Å². The van der Waals surface area contributed by atoms with Gasteiger partial charge in [0, 0.05) is 34.8 Å². The molecule has 0 aliphatic heterocycles. The molecule has 0 spiro atoms. The minimum atomic E-state index is -0.918. The quantitative estimate of drug-likeness (QED) is 0.455. The predicted octanol–water partition coefficient (Wildman–Crippen LogP) is 5.14. The Morgan fingerprint density at radius 3 is 2.46 bits per heavy atom. The van der Waals surface area contributed by atoms with Crippen LogP contribution >= 0.6 is 0 Å². The Morgan fingerprint density at radius 2 is 1.64 bits per heavy atom. The molecule has 1 N–H and O–H groups in total. The molecule has 0 aliphatic rings. The highest BCUT2D eigenvalue weighted by Crippen LogP contribution is 2.27. The number of hydrogen-bond donors (Lipinski definition) is 1. The number of benzene rings is 3. The molecule has 0 saturated heterocycles. The van der Waals surface area contributed by atoms with Crippen LogP contribution in [-0.2, 0) is 6.54 Å². The standard InChI is InChI=1S/C24H22FNO2/c25-15-18(27)9-6-14-26-16-22(20-11-3-4-13-23(20)26)24(28)21-12-5-8-17-7-1-2-10-19(17)21/h1-5,7-8,10-13,16,18,27H,6,9,14-15H2/t18-/m1/s1. The van der Waals surface area contributed by atoms with Crippen molar-refractivity contribution >= 4 is 27.5 Å². The van der Waals surface area contributed by atoms with Gasteiger partial charge >= 0.3 is 0 Å². The van der Waals surface area contributed by atoms with Crippen molar-refractivity contribution in [3.8, 4) is 0 Å². The Bertz CT molecular complexity index is 1130. The van der Waals surface area contributed by atoms with E-state index in [4.69, 9.17) is 0 Å². The molecule has 28 heavy (non-hydrogen) atoms. The highest BCUT2D eigenvalue weighted by molar-refractivity contribution is 6.21. The lowest BCUT2D eigenvalue weighted by molar-refractivity contribution is 0.104. The van der Waals surface area contributed by atoms with Gasteiger partial charge in [0.15, 0.2) is 5.78 Å². The van der Waals surface area contributed by atoms with Crippen LogP contribution in [0.1, 0.15) is 28.8 Å². The minimum Gasteiger partial charge on any atom is -0.390 e. The fraction of sp³-hybridized carbons (Fsp3) is 0.208. The van der Waals surface area contributed by atoms with E-state index in [9.17, 15) is 14.3 Å². The van der Waals surface area contributed by atoms with Crippen molar-refractivity contribution in [1.82, 2.24) is 4.57 Å². The first kappa shape index (κ1) is 18.4. The van der Waals surface area contributed by atoms with E-state index in [1.54, 1.807) is 0 Å². The number of fused-ring (bicyclic) bond motifs is 2. The molecule has 4 aromatic rings. The second-order valence-electron chi connectivity index (χ2n) is 7.06. The van der Waals surface area contributed by atoms with Gasteiger partial charge in [-0.3, -0.25) is 4.79 Å². The highest BCUT2D eigenvalue weighted by atomic mass is 19.1. The van der Waals surface area contributed by atoms with E-state index in [-0.39, 0.29) is 5.78 Å². The summed E-state index contributed by atoms with van der Waals surface area (Å²) >= 11 is 0. The van der Waals surface area contributed by atoms with E-state index in [0.717, 1.165) is 21.7 Å². The molecular formula is C24H22FNO2. The fourth-order valence-corrected chi connectivity index (χ4v) is 3.76. The van der Waals surface area contributed by atoms with Crippen molar-refractivity contribution in [3.63, 3.8) is 0 Å². The van der Waals surface area contributed by atoms with Crippen LogP contribution in [-0.4, -0.2) is 28.2 Å². The van der Waals surface area contributed by atoms with Gasteiger partial charge in [-0.15, -0.1) is 0 Å². The van der Waals surface area contributed by atoms with Crippen LogP contribution in [0.15, 0.2) is 72.9 Å². The number of halogens is 1. The fourth-order valence-electron chi connectivity index (χ4n) is 3.76. The number of alkyl halides is 1. The number of para-hydroxylation sites is 1. The van der Waals surface area contributed by atoms with E-state index in [2.05, 4.69) is 0 Å². The highest BCUT2D eigenvalue weighted by Gasteiger charge is 2.18. The Kier molecular flexibility index (Phi) is 5.22. The van der Waals surface area contributed by atoms with Crippen LogP contribution in [0.3, 0.4) is 0 Å². The summed E-state index contributed by atoms with van der Waals surface area (Å²) in [5, 5.41) is 12.3. The van der Waals surface area contributed by atoms with Crippen LogP contribution in [0.4, 0.5) is 4.39 Å². The van der Waals surface area contributed by atoms with E-state index >= 15 is 0 Å². The van der Waals surface area contributed by atoms with Crippen molar-refractivity contribution < 1.29 is 14.3 Å². The molecular weight excluding hydrogens is 353 g/mol. The van der Waals surface area contributed by atoms with Gasteiger partial charge in [0.05, 0.1) is 6.10 Å². The van der Waals surface area contributed by atoms with Gasteiger partial charge in [-0.2, -0.15) is 0 Å². The molecule has 0 aliphatic carbocycles. The normalized spacial score (nSPS) is 12.5. The number of aliphatic hydroxyl groups is 1. The van der Waals surface area contributed by atoms with Crippen molar-refractivity contribution in [1.29, 1.82) is 0 Å². The largest absolute Gasteiger partial charge is 0.390 e. The number of aliphatic hydroxyl groups excluding tert-OH is 1. The lowest BCUT2D eigenvalue weighted by Gasteiger charge is -2.07. The summed E-state index contributed by atoms with van der Waals surface area (Å²) in [5.41, 5.74) is 2.33. The van der Waals surface area contributed by atoms with Gasteiger partial charge in [0.1, 0.15) is 6.67 Å². The first-order chi connectivity index (χ1) is 13.7. The van der Waals surface area contributed by atoms with Crippen molar-refractivity contribution in [2.45, 2.75) is 25.5 Å². The van der Waals surface area contributed by atoms with Gasteiger partial charge in [0.25, 0.3) is 0 Å². The summed E-state index contributed by atoms with van der Waals surface area (Å²) in [6, 6.07) is 21.5. The molecule has 1 heterocycles. The second-order valence-corrected chi connectivity index (χ2v) is 7.06. The Balaban J connectivity index is 1.73. The topological polar surface area (TPSA) is 42.2 Å². The van der Waals surface area contributed by atoms with Gasteiger partial charge in [-0.1, -0.05) is 60.7 Å². The number of carbonyl (C=O) groups is 1. The van der Waals surface area contributed by atoms with Crippen LogP contribution in [0.25, 0.3) is 21.7 Å². The van der Waals surface area contributed by atoms with Crippen LogP contribution in [0, 0.1) is 0 Å². The summed E-state index contributed by atoms with van der Waals surface area (Å²) in [7, 11) is 0. The van der Waals surface area contributed by atoms with Crippen LogP contribution in [0.5, 0.6) is 0 Å². The third kappa shape index (κ3) is 3.43. The maximum atomic E-state index is 13.4. The summed E-state index contributed by atoms with van der Waals surface area (Å²) in [5.74, 6) is -0.00413. The first-order valence-electron chi connectivity index (χ1n) is 9.53. The monoisotopic (exact) mass is 375 g/mol. The molecule has 0 amide bonds. The maximum absolute atomic E-state index is 13.4. The molecule has 4 rings (SSSR count). The molecule has 142 valence electrons. The maximum Gasteiger partial charge on any atom is 0.195 e. The molecule has 1 atom stereocenters. The van der Waals surface area contributed by atoms with E-state index < -0.39 is 12.8 Å². The zero-order valence-electron chi connectivity index (χ0n) is 15.5. The van der Waals surface area contributed by atoms with Gasteiger partial charge in [0.2, 0.25) is 0 Å². The molecule has 0 saturated carbocycles. The second kappa shape index (κ2) is 7.95. The third-order valence-corrected chi connectivity index (χ3v) is 5.18. The smallest absolute Gasteiger partial charge is 0.195 e. The van der Waals surface area contributed by atoms with E-state index in [1.165, 1.54) is 0 Å². The molecule has 0 bridgehead atoms. The predicted molar refractivity (Wildman–Crippen MR) is 111 cm³/mol. The summed E-state index contributed by atoms with van der Waals surface area (Å²) in [6.07, 6.45) is 2.01. The minimum absolute atomic E-state index is 0.00413. The molecule has 0 fully saturated rings. The van der Waals surface area contributed by atoms with Gasteiger partial charge < -0.3 is 9.67 Å². The van der Waals surface area contributed by atoms with E-state index in [1.807, 2.05) is 77.5 Å².